The first-order chi connectivity index (χ1) is 11.4. The molecule has 3 aromatic carbocycles. The first-order valence-corrected chi connectivity index (χ1v) is 8.04. The third-order valence-corrected chi connectivity index (χ3v) is 3.37. The Morgan fingerprint density at radius 3 is 0.630 bits per heavy atom. The molecule has 0 atom stereocenters. The quantitative estimate of drug-likeness (QED) is 0.246. The van der Waals surface area contributed by atoms with E-state index in [9.17, 15) is 13.2 Å². The van der Waals surface area contributed by atoms with Crippen LogP contribution in [0.5, 0.6) is 0 Å². The average Bonchev–Trinajstić information content (AvgIpc) is 2.57. The Labute approximate surface area is 170 Å². The molecule has 27 heavy (non-hydrogen) atoms. The Hall–Kier alpha value is -1.71. The molecule has 0 aliphatic heterocycles. The monoisotopic (exact) mass is 444 g/mol. The maximum atomic E-state index is 12.1. The Bertz CT molecular complexity index is 553. The van der Waals surface area contributed by atoms with Crippen LogP contribution >= 0.6 is 37.9 Å². The lowest BCUT2D eigenvalue weighted by Gasteiger charge is -1.86. The van der Waals surface area contributed by atoms with Crippen molar-refractivity contribution >= 4 is 37.9 Å². The molecule has 0 saturated carbocycles. The molecule has 0 bridgehead atoms. The first-order valence-electron chi connectivity index (χ1n) is 6.70. The average molecular weight is 445 g/mol. The van der Waals surface area contributed by atoms with Crippen molar-refractivity contribution in [3.05, 3.63) is 90.2 Å². The van der Waals surface area contributed by atoms with Crippen molar-refractivity contribution in [1.82, 2.24) is 0 Å². The fraction of sp³-hybridized carbons (Fsp3) is 0. The van der Waals surface area contributed by atoms with E-state index in [0.29, 0.717) is 0 Å². The van der Waals surface area contributed by atoms with Gasteiger partial charge in [-0.25, -0.2) is 13.2 Å². The molecule has 0 aliphatic rings. The van der Waals surface area contributed by atoms with Crippen LogP contribution < -0.4 is 0 Å². The lowest BCUT2D eigenvalue weighted by atomic mass is 10.4. The Kier molecular flexibility index (Phi) is 18.3. The molecule has 3 rings (SSSR count). The second-order valence-corrected chi connectivity index (χ2v) is 5.98. The van der Waals surface area contributed by atoms with E-state index < -0.39 is 0 Å². The maximum Gasteiger partial charge on any atom is 0.123 e. The molecule has 0 aromatic heterocycles. The highest BCUT2D eigenvalue weighted by molar-refractivity contribution is 7.80. The predicted octanol–water partition coefficient (Wildman–Crippen LogP) is 6.80. The number of halogens is 6. The van der Waals surface area contributed by atoms with Crippen molar-refractivity contribution in [2.45, 2.75) is 14.7 Å². The molecule has 0 unspecified atom stereocenters. The van der Waals surface area contributed by atoms with Gasteiger partial charge in [-0.05, 0) is 72.8 Å². The van der Waals surface area contributed by atoms with Crippen LogP contribution in [-0.4, -0.2) is 0 Å². The predicted molar refractivity (Wildman–Crippen MR) is 108 cm³/mol. The summed E-state index contributed by atoms with van der Waals surface area (Å²) in [5, 5.41) is 0. The summed E-state index contributed by atoms with van der Waals surface area (Å²) >= 11 is 11.9. The third kappa shape index (κ3) is 15.1. The number of hydrogen-bond donors (Lipinski definition) is 3. The Morgan fingerprint density at radius 2 is 0.519 bits per heavy atom. The lowest BCUT2D eigenvalue weighted by Crippen LogP contribution is -1.68. The largest absolute Gasteiger partial charge is 0.269 e. The van der Waals surface area contributed by atoms with Gasteiger partial charge in [-0.2, -0.15) is 0 Å². The van der Waals surface area contributed by atoms with Crippen LogP contribution in [0.2, 0.25) is 0 Å². The van der Waals surface area contributed by atoms with Crippen LogP contribution in [0.4, 0.5) is 27.3 Å². The summed E-state index contributed by atoms with van der Waals surface area (Å²) in [5.41, 5.74) is 0. The molecule has 0 amide bonds. The zero-order valence-corrected chi connectivity index (χ0v) is 16.3. The SMILES string of the molecule is F.F.F.Fc1ccc(S)cc1.Fc1ccc(S)cc1.Fc1ccc(S)cc1. The third-order valence-electron chi connectivity index (χ3n) is 2.48. The van der Waals surface area contributed by atoms with Crippen LogP contribution in [0.25, 0.3) is 0 Å². The minimum absolute atomic E-state index is 0. The zero-order chi connectivity index (χ0) is 17.9. The van der Waals surface area contributed by atoms with Crippen molar-refractivity contribution < 1.29 is 27.3 Å². The van der Waals surface area contributed by atoms with Gasteiger partial charge in [-0.1, -0.05) is 0 Å². The van der Waals surface area contributed by atoms with E-state index in [-0.39, 0.29) is 31.6 Å². The summed E-state index contributed by atoms with van der Waals surface area (Å²) < 4.78 is 36.2. The molecule has 0 N–H and O–H groups in total. The van der Waals surface area contributed by atoms with Crippen molar-refractivity contribution in [3.63, 3.8) is 0 Å². The Balaban J connectivity index is -0.000000303. The normalized spacial score (nSPS) is 8.22. The molecule has 0 nitrogen and oxygen atoms in total. The molecule has 0 saturated heterocycles. The summed E-state index contributed by atoms with van der Waals surface area (Å²) in [7, 11) is 0. The minimum Gasteiger partial charge on any atom is -0.269 e. The molecular weight excluding hydrogens is 426 g/mol. The van der Waals surface area contributed by atoms with Crippen LogP contribution in [0.15, 0.2) is 87.5 Å². The van der Waals surface area contributed by atoms with Crippen molar-refractivity contribution in [3.8, 4) is 0 Å². The van der Waals surface area contributed by atoms with E-state index in [4.69, 9.17) is 0 Å². The molecule has 0 radical (unpaired) electrons. The summed E-state index contributed by atoms with van der Waals surface area (Å²) in [6.07, 6.45) is 0. The van der Waals surface area contributed by atoms with Gasteiger partial charge < -0.3 is 0 Å². The molecule has 0 heterocycles. The van der Waals surface area contributed by atoms with Crippen molar-refractivity contribution in [2.24, 2.45) is 0 Å². The van der Waals surface area contributed by atoms with E-state index >= 15 is 0 Å². The number of benzene rings is 3. The van der Waals surface area contributed by atoms with Gasteiger partial charge in [0.15, 0.2) is 0 Å². The Morgan fingerprint density at radius 1 is 0.370 bits per heavy atom. The summed E-state index contributed by atoms with van der Waals surface area (Å²) in [5.74, 6) is -0.659. The van der Waals surface area contributed by atoms with E-state index in [0.717, 1.165) is 14.7 Å². The fourth-order valence-corrected chi connectivity index (χ4v) is 1.77. The maximum absolute atomic E-state index is 12.1. The van der Waals surface area contributed by atoms with Gasteiger partial charge in [0.1, 0.15) is 17.5 Å². The van der Waals surface area contributed by atoms with Gasteiger partial charge in [0.2, 0.25) is 0 Å². The van der Waals surface area contributed by atoms with E-state index in [2.05, 4.69) is 37.9 Å². The van der Waals surface area contributed by atoms with Crippen LogP contribution in [-0.2, 0) is 0 Å². The van der Waals surface area contributed by atoms with Crippen molar-refractivity contribution in [1.29, 1.82) is 0 Å². The van der Waals surface area contributed by atoms with E-state index in [1.54, 1.807) is 36.4 Å². The number of rotatable bonds is 0. The van der Waals surface area contributed by atoms with Gasteiger partial charge >= 0.3 is 0 Å². The van der Waals surface area contributed by atoms with Gasteiger partial charge in [-0.3, -0.25) is 14.1 Å². The zero-order valence-electron chi connectivity index (χ0n) is 13.6. The van der Waals surface area contributed by atoms with Crippen LogP contribution in [0.3, 0.4) is 0 Å². The van der Waals surface area contributed by atoms with Crippen LogP contribution in [0.1, 0.15) is 0 Å². The van der Waals surface area contributed by atoms with Gasteiger partial charge in [0, 0.05) is 14.7 Å². The molecule has 0 fully saturated rings. The standard InChI is InChI=1S/3C6H5FS.3FH/c3*7-5-1-3-6(8)4-2-5;;;/h3*1-4,8H;3*1H. The summed E-state index contributed by atoms with van der Waals surface area (Å²) in [4.78, 5) is 2.35. The summed E-state index contributed by atoms with van der Waals surface area (Å²) in [6.45, 7) is 0. The first kappa shape index (κ1) is 30.0. The highest BCUT2D eigenvalue weighted by atomic mass is 32.1. The second kappa shape index (κ2) is 16.5. The number of thiol groups is 3. The van der Waals surface area contributed by atoms with Gasteiger partial charge in [-0.15, -0.1) is 37.9 Å². The molecule has 3 aromatic rings. The fourth-order valence-electron chi connectivity index (χ4n) is 1.32. The van der Waals surface area contributed by atoms with Crippen LogP contribution in [0, 0.1) is 17.5 Å². The summed E-state index contributed by atoms with van der Waals surface area (Å²) in [6, 6.07) is 17.9. The second-order valence-electron chi connectivity index (χ2n) is 4.43. The molecule has 150 valence electrons. The smallest absolute Gasteiger partial charge is 0.123 e. The molecule has 0 aliphatic carbocycles. The van der Waals surface area contributed by atoms with Gasteiger partial charge in [0.25, 0.3) is 0 Å². The minimum atomic E-state index is -0.220. The molecule has 0 spiro atoms. The number of hydrogen-bond acceptors (Lipinski definition) is 3. The molecule has 9 heteroatoms. The van der Waals surface area contributed by atoms with E-state index in [1.807, 2.05) is 0 Å². The van der Waals surface area contributed by atoms with E-state index in [1.165, 1.54) is 36.4 Å². The van der Waals surface area contributed by atoms with Gasteiger partial charge in [0.05, 0.1) is 0 Å². The highest BCUT2D eigenvalue weighted by Crippen LogP contribution is 2.06. The molecular formula is C18H18F6S3. The van der Waals surface area contributed by atoms with Crippen molar-refractivity contribution in [2.75, 3.05) is 0 Å². The highest BCUT2D eigenvalue weighted by Gasteiger charge is 1.85. The topological polar surface area (TPSA) is 0 Å². The lowest BCUT2D eigenvalue weighted by molar-refractivity contribution is 0.626.